The third kappa shape index (κ3) is 4.86. The van der Waals surface area contributed by atoms with Crippen LogP contribution in [0.15, 0.2) is 30.5 Å². The molecule has 1 atom stereocenters. The zero-order chi connectivity index (χ0) is 21.8. The molecular formula is C24H31N5O3. The molecule has 0 aliphatic carbocycles. The van der Waals surface area contributed by atoms with Crippen molar-refractivity contribution in [2.45, 2.75) is 38.2 Å². The zero-order valence-electron chi connectivity index (χ0n) is 18.4. The molecule has 0 bridgehead atoms. The van der Waals surface area contributed by atoms with Crippen LogP contribution in [0.2, 0.25) is 0 Å². The average Bonchev–Trinajstić information content (AvgIpc) is 3.53. The Labute approximate surface area is 188 Å². The molecule has 1 aromatic heterocycles. The summed E-state index contributed by atoms with van der Waals surface area (Å²) >= 11 is 0. The van der Waals surface area contributed by atoms with E-state index in [1.54, 1.807) is 6.20 Å². The number of nitrogens with zero attached hydrogens (tertiary/aromatic N) is 3. The van der Waals surface area contributed by atoms with Crippen LogP contribution in [-0.2, 0) is 11.2 Å². The molecule has 0 saturated carbocycles. The molecule has 2 fully saturated rings. The number of hydrogen-bond donors (Lipinski definition) is 2. The first-order valence-corrected chi connectivity index (χ1v) is 11.7. The van der Waals surface area contributed by atoms with Gasteiger partial charge in [-0.25, -0.2) is 4.98 Å². The van der Waals surface area contributed by atoms with E-state index in [4.69, 9.17) is 14.5 Å². The van der Waals surface area contributed by atoms with Gasteiger partial charge < -0.3 is 20.1 Å². The summed E-state index contributed by atoms with van der Waals surface area (Å²) in [6.07, 6.45) is 7.01. The van der Waals surface area contributed by atoms with Gasteiger partial charge in [0.2, 0.25) is 5.95 Å². The Morgan fingerprint density at radius 2 is 2.09 bits per heavy atom. The average molecular weight is 438 g/mol. The van der Waals surface area contributed by atoms with Gasteiger partial charge in [-0.2, -0.15) is 4.98 Å². The topological polar surface area (TPSA) is 88.6 Å². The van der Waals surface area contributed by atoms with E-state index in [0.29, 0.717) is 42.9 Å². The van der Waals surface area contributed by atoms with E-state index in [-0.39, 0.29) is 12.0 Å². The smallest absolute Gasteiger partial charge is 0.259 e. The van der Waals surface area contributed by atoms with Crippen molar-refractivity contribution < 1.29 is 14.3 Å². The predicted molar refractivity (Wildman–Crippen MR) is 122 cm³/mol. The standard InChI is InChI=1S/C24H31N5O3/c30-23(19-3-4-21-18(14-19)8-13-32-21)29(16-17-5-9-25-10-6-17)22-7-11-26-24(28-22)27-15-20-2-1-12-31-20/h3-4,7,11,14,17,20,25H,1-2,5-6,8-10,12-13,15-16H2,(H,26,27,28). The molecule has 0 spiro atoms. The summed E-state index contributed by atoms with van der Waals surface area (Å²) in [4.78, 5) is 24.6. The predicted octanol–water partition coefficient (Wildman–Crippen LogP) is 2.65. The fourth-order valence-electron chi connectivity index (χ4n) is 4.67. The Balaban J connectivity index is 1.37. The van der Waals surface area contributed by atoms with Crippen molar-refractivity contribution in [3.63, 3.8) is 0 Å². The molecule has 8 heteroatoms. The van der Waals surface area contributed by atoms with Gasteiger partial charge in [0.1, 0.15) is 11.6 Å². The molecule has 8 nitrogen and oxygen atoms in total. The molecule has 4 heterocycles. The van der Waals surface area contributed by atoms with E-state index in [9.17, 15) is 4.79 Å². The van der Waals surface area contributed by atoms with E-state index < -0.39 is 0 Å². The minimum absolute atomic E-state index is 0.0259. The van der Waals surface area contributed by atoms with Gasteiger partial charge in [-0.05, 0) is 74.5 Å². The molecule has 5 rings (SSSR count). The second-order valence-corrected chi connectivity index (χ2v) is 8.78. The number of hydrogen-bond acceptors (Lipinski definition) is 7. The van der Waals surface area contributed by atoms with Crippen LogP contribution in [0.25, 0.3) is 0 Å². The third-order valence-corrected chi connectivity index (χ3v) is 6.51. The third-order valence-electron chi connectivity index (χ3n) is 6.51. The molecule has 2 aromatic rings. The quantitative estimate of drug-likeness (QED) is 0.688. The number of aromatic nitrogens is 2. The van der Waals surface area contributed by atoms with Crippen LogP contribution in [0.1, 0.15) is 41.6 Å². The fourth-order valence-corrected chi connectivity index (χ4v) is 4.67. The number of piperidine rings is 1. The minimum atomic E-state index is -0.0259. The Morgan fingerprint density at radius 1 is 1.19 bits per heavy atom. The van der Waals surface area contributed by atoms with Crippen LogP contribution in [0.4, 0.5) is 11.8 Å². The van der Waals surface area contributed by atoms with Crippen molar-refractivity contribution >= 4 is 17.7 Å². The van der Waals surface area contributed by atoms with Gasteiger partial charge in [0.05, 0.1) is 12.7 Å². The molecule has 0 radical (unpaired) electrons. The highest BCUT2D eigenvalue weighted by Crippen LogP contribution is 2.28. The Morgan fingerprint density at radius 3 is 2.94 bits per heavy atom. The SMILES string of the molecule is O=C(c1ccc2c(c1)CCO2)N(CC1CCNCC1)c1ccnc(NCC2CCCO2)n1. The summed E-state index contributed by atoms with van der Waals surface area (Å²) in [5.74, 6) is 2.46. The summed E-state index contributed by atoms with van der Waals surface area (Å²) < 4.78 is 11.3. The highest BCUT2D eigenvalue weighted by molar-refractivity contribution is 6.05. The second-order valence-electron chi connectivity index (χ2n) is 8.78. The van der Waals surface area contributed by atoms with Crippen LogP contribution in [0.5, 0.6) is 5.75 Å². The first kappa shape index (κ1) is 21.2. The number of benzene rings is 1. The van der Waals surface area contributed by atoms with Crippen LogP contribution < -0.4 is 20.3 Å². The van der Waals surface area contributed by atoms with Crippen LogP contribution in [0, 0.1) is 5.92 Å². The number of carbonyl (C=O) groups is 1. The maximum absolute atomic E-state index is 13.7. The number of rotatable bonds is 7. The molecule has 3 aliphatic heterocycles. The number of fused-ring (bicyclic) bond motifs is 1. The van der Waals surface area contributed by atoms with Crippen LogP contribution in [-0.4, -0.2) is 61.4 Å². The van der Waals surface area contributed by atoms with Crippen LogP contribution >= 0.6 is 0 Å². The van der Waals surface area contributed by atoms with Gasteiger partial charge in [-0.15, -0.1) is 0 Å². The first-order valence-electron chi connectivity index (χ1n) is 11.7. The second kappa shape index (κ2) is 9.83. The monoisotopic (exact) mass is 437 g/mol. The van der Waals surface area contributed by atoms with E-state index in [1.165, 1.54) is 0 Å². The number of anilines is 2. The molecule has 2 N–H and O–H groups in total. The Hall–Kier alpha value is -2.71. The van der Waals surface area contributed by atoms with Crippen molar-refractivity contribution in [1.29, 1.82) is 0 Å². The van der Waals surface area contributed by atoms with Crippen molar-refractivity contribution in [3.8, 4) is 5.75 Å². The maximum atomic E-state index is 13.7. The van der Waals surface area contributed by atoms with Crippen molar-refractivity contribution in [2.24, 2.45) is 5.92 Å². The normalized spacial score (nSPS) is 20.6. The summed E-state index contributed by atoms with van der Waals surface area (Å²) in [6.45, 7) is 4.80. The highest BCUT2D eigenvalue weighted by atomic mass is 16.5. The number of ether oxygens (including phenoxy) is 2. The van der Waals surface area contributed by atoms with Gasteiger partial charge in [-0.3, -0.25) is 9.69 Å². The number of nitrogens with one attached hydrogen (secondary N) is 2. The van der Waals surface area contributed by atoms with Gasteiger partial charge in [0.15, 0.2) is 0 Å². The summed E-state index contributed by atoms with van der Waals surface area (Å²) in [5.41, 5.74) is 1.77. The van der Waals surface area contributed by atoms with Gasteiger partial charge in [0, 0.05) is 37.9 Å². The molecule has 1 unspecified atom stereocenters. The van der Waals surface area contributed by atoms with Crippen molar-refractivity contribution in [3.05, 3.63) is 41.6 Å². The Bertz CT molecular complexity index is 941. The molecule has 1 amide bonds. The minimum Gasteiger partial charge on any atom is -0.493 e. The molecule has 170 valence electrons. The molecular weight excluding hydrogens is 406 g/mol. The fraction of sp³-hybridized carbons (Fsp3) is 0.542. The van der Waals surface area contributed by atoms with Gasteiger partial charge in [0.25, 0.3) is 5.91 Å². The van der Waals surface area contributed by atoms with Crippen molar-refractivity contribution in [1.82, 2.24) is 15.3 Å². The summed E-state index contributed by atoms with van der Waals surface area (Å²) in [6, 6.07) is 7.57. The first-order chi connectivity index (χ1) is 15.8. The molecule has 32 heavy (non-hydrogen) atoms. The van der Waals surface area contributed by atoms with E-state index in [2.05, 4.69) is 15.6 Å². The van der Waals surface area contributed by atoms with Crippen molar-refractivity contribution in [2.75, 3.05) is 49.6 Å². The number of carbonyl (C=O) groups excluding carboxylic acids is 1. The highest BCUT2D eigenvalue weighted by Gasteiger charge is 2.26. The summed E-state index contributed by atoms with van der Waals surface area (Å²) in [7, 11) is 0. The lowest BCUT2D eigenvalue weighted by molar-refractivity contribution is 0.0979. The lowest BCUT2D eigenvalue weighted by Gasteiger charge is -2.30. The molecule has 3 aliphatic rings. The maximum Gasteiger partial charge on any atom is 0.259 e. The van der Waals surface area contributed by atoms with Gasteiger partial charge in [-0.1, -0.05) is 0 Å². The number of amides is 1. The van der Waals surface area contributed by atoms with Gasteiger partial charge >= 0.3 is 0 Å². The zero-order valence-corrected chi connectivity index (χ0v) is 18.4. The largest absolute Gasteiger partial charge is 0.493 e. The summed E-state index contributed by atoms with van der Waals surface area (Å²) in [5, 5.41) is 6.69. The lowest BCUT2D eigenvalue weighted by Crippen LogP contribution is -2.40. The van der Waals surface area contributed by atoms with E-state index >= 15 is 0 Å². The Kier molecular flexibility index (Phi) is 6.50. The lowest BCUT2D eigenvalue weighted by atomic mass is 9.97. The van der Waals surface area contributed by atoms with Crippen LogP contribution in [0.3, 0.4) is 0 Å². The molecule has 2 saturated heterocycles. The van der Waals surface area contributed by atoms with E-state index in [0.717, 1.165) is 63.1 Å². The molecule has 1 aromatic carbocycles. The van der Waals surface area contributed by atoms with E-state index in [1.807, 2.05) is 29.2 Å².